The van der Waals surface area contributed by atoms with Gasteiger partial charge in [0.25, 0.3) is 0 Å². The van der Waals surface area contributed by atoms with Crippen molar-refractivity contribution in [3.63, 3.8) is 0 Å². The summed E-state index contributed by atoms with van der Waals surface area (Å²) in [6, 6.07) is 2.67. The fourth-order valence-corrected chi connectivity index (χ4v) is 2.32. The monoisotopic (exact) mass is 317 g/mol. The lowest BCUT2D eigenvalue weighted by atomic mass is 10.1. The summed E-state index contributed by atoms with van der Waals surface area (Å²) in [4.78, 5) is 22.9. The Morgan fingerprint density at radius 2 is 1.90 bits per heavy atom. The molecule has 0 radical (unpaired) electrons. The van der Waals surface area contributed by atoms with Gasteiger partial charge in [0.05, 0.1) is 16.3 Å². The van der Waals surface area contributed by atoms with E-state index in [0.29, 0.717) is 6.42 Å². The number of halogens is 2. The summed E-state index contributed by atoms with van der Waals surface area (Å²) in [6.45, 7) is 2.09. The molecule has 110 valence electrons. The summed E-state index contributed by atoms with van der Waals surface area (Å²) in [5, 5.41) is 12.0. The SMILES string of the molecule is CCCCCCC(=O)Nc1c(Cl)cc(Cl)cc1C(=O)O. The van der Waals surface area contributed by atoms with Crippen LogP contribution >= 0.6 is 23.2 Å². The zero-order valence-corrected chi connectivity index (χ0v) is 12.7. The number of carbonyl (C=O) groups is 2. The predicted octanol–water partition coefficient (Wildman–Crippen LogP) is 4.60. The minimum Gasteiger partial charge on any atom is -0.478 e. The van der Waals surface area contributed by atoms with Crippen molar-refractivity contribution in [3.05, 3.63) is 27.7 Å². The quantitative estimate of drug-likeness (QED) is 0.722. The van der Waals surface area contributed by atoms with Crippen LogP contribution in [-0.2, 0) is 4.79 Å². The maximum Gasteiger partial charge on any atom is 0.337 e. The van der Waals surface area contributed by atoms with Crippen LogP contribution in [0.2, 0.25) is 10.0 Å². The molecule has 0 saturated heterocycles. The third-order valence-electron chi connectivity index (χ3n) is 2.81. The van der Waals surface area contributed by atoms with Crippen molar-refractivity contribution >= 4 is 40.8 Å². The lowest BCUT2D eigenvalue weighted by Gasteiger charge is -2.11. The van der Waals surface area contributed by atoms with Gasteiger partial charge in [0.2, 0.25) is 5.91 Å². The summed E-state index contributed by atoms with van der Waals surface area (Å²) in [5.74, 6) is -1.43. The predicted molar refractivity (Wildman–Crippen MR) is 80.8 cm³/mol. The van der Waals surface area contributed by atoms with E-state index in [1.807, 2.05) is 0 Å². The number of unbranched alkanes of at least 4 members (excludes halogenated alkanes) is 3. The highest BCUT2D eigenvalue weighted by molar-refractivity contribution is 6.37. The van der Waals surface area contributed by atoms with E-state index >= 15 is 0 Å². The molecule has 4 nitrogen and oxygen atoms in total. The highest BCUT2D eigenvalue weighted by atomic mass is 35.5. The summed E-state index contributed by atoms with van der Waals surface area (Å²) >= 11 is 11.7. The first kappa shape index (κ1) is 16.8. The molecule has 0 aliphatic carbocycles. The number of amides is 1. The molecule has 0 aliphatic heterocycles. The maximum absolute atomic E-state index is 11.8. The number of aromatic carboxylic acids is 1. The smallest absolute Gasteiger partial charge is 0.337 e. The number of hydrogen-bond donors (Lipinski definition) is 2. The Morgan fingerprint density at radius 3 is 2.50 bits per heavy atom. The highest BCUT2D eigenvalue weighted by Crippen LogP contribution is 2.30. The molecular formula is C14H17Cl2NO3. The molecule has 0 saturated carbocycles. The van der Waals surface area contributed by atoms with E-state index in [0.717, 1.165) is 25.7 Å². The number of anilines is 1. The van der Waals surface area contributed by atoms with E-state index in [2.05, 4.69) is 12.2 Å². The highest BCUT2D eigenvalue weighted by Gasteiger charge is 2.17. The lowest BCUT2D eigenvalue weighted by molar-refractivity contribution is -0.116. The van der Waals surface area contributed by atoms with Gasteiger partial charge in [0.15, 0.2) is 0 Å². The number of nitrogens with one attached hydrogen (secondary N) is 1. The van der Waals surface area contributed by atoms with E-state index in [1.165, 1.54) is 12.1 Å². The number of rotatable bonds is 7. The first-order valence-corrected chi connectivity index (χ1v) is 7.23. The van der Waals surface area contributed by atoms with Gasteiger partial charge in [-0.25, -0.2) is 4.79 Å². The Kier molecular flexibility index (Phi) is 6.82. The van der Waals surface area contributed by atoms with Crippen molar-refractivity contribution in [1.82, 2.24) is 0 Å². The third-order valence-corrected chi connectivity index (χ3v) is 3.32. The van der Waals surface area contributed by atoms with E-state index in [9.17, 15) is 9.59 Å². The van der Waals surface area contributed by atoms with Gasteiger partial charge in [-0.3, -0.25) is 4.79 Å². The van der Waals surface area contributed by atoms with Crippen LogP contribution in [0, 0.1) is 0 Å². The van der Waals surface area contributed by atoms with Crippen LogP contribution < -0.4 is 5.32 Å². The summed E-state index contributed by atoms with van der Waals surface area (Å²) in [7, 11) is 0. The van der Waals surface area contributed by atoms with Gasteiger partial charge < -0.3 is 10.4 Å². The van der Waals surface area contributed by atoms with Crippen LogP contribution in [0.5, 0.6) is 0 Å². The Labute approximate surface area is 128 Å². The van der Waals surface area contributed by atoms with Crippen molar-refractivity contribution in [2.75, 3.05) is 5.32 Å². The topological polar surface area (TPSA) is 66.4 Å². The number of carboxylic acids is 1. The summed E-state index contributed by atoms with van der Waals surface area (Å²) in [6.07, 6.45) is 4.26. The van der Waals surface area contributed by atoms with Gasteiger partial charge in [0, 0.05) is 11.4 Å². The number of hydrogen-bond acceptors (Lipinski definition) is 2. The molecule has 0 fully saturated rings. The average molecular weight is 318 g/mol. The van der Waals surface area contributed by atoms with Crippen LogP contribution in [-0.4, -0.2) is 17.0 Å². The first-order chi connectivity index (χ1) is 9.45. The van der Waals surface area contributed by atoms with Crippen LogP contribution in [0.1, 0.15) is 49.4 Å². The number of carboxylic acid groups (broad SMARTS) is 1. The molecule has 1 rings (SSSR count). The van der Waals surface area contributed by atoms with Crippen molar-refractivity contribution in [1.29, 1.82) is 0 Å². The Balaban J connectivity index is 2.76. The molecule has 6 heteroatoms. The van der Waals surface area contributed by atoms with E-state index in [1.54, 1.807) is 0 Å². The van der Waals surface area contributed by atoms with Gasteiger partial charge in [-0.15, -0.1) is 0 Å². The minimum atomic E-state index is -1.18. The van der Waals surface area contributed by atoms with Crippen LogP contribution in [0.3, 0.4) is 0 Å². The largest absolute Gasteiger partial charge is 0.478 e. The Bertz CT molecular complexity index is 503. The molecule has 2 N–H and O–H groups in total. The molecule has 0 unspecified atom stereocenters. The lowest BCUT2D eigenvalue weighted by Crippen LogP contribution is -2.14. The Morgan fingerprint density at radius 1 is 1.20 bits per heavy atom. The molecule has 0 bridgehead atoms. The van der Waals surface area contributed by atoms with Crippen LogP contribution in [0.15, 0.2) is 12.1 Å². The van der Waals surface area contributed by atoms with Crippen molar-refractivity contribution < 1.29 is 14.7 Å². The molecule has 0 aromatic heterocycles. The first-order valence-electron chi connectivity index (χ1n) is 6.48. The molecule has 0 heterocycles. The second-order valence-electron chi connectivity index (χ2n) is 4.47. The molecule has 0 atom stereocenters. The molecule has 0 spiro atoms. The summed E-state index contributed by atoms with van der Waals surface area (Å²) in [5.41, 5.74) is -0.00605. The van der Waals surface area contributed by atoms with Crippen molar-refractivity contribution in [3.8, 4) is 0 Å². The van der Waals surface area contributed by atoms with Gasteiger partial charge in [-0.1, -0.05) is 49.4 Å². The molecule has 1 amide bonds. The molecule has 1 aromatic rings. The van der Waals surface area contributed by atoms with Crippen molar-refractivity contribution in [2.45, 2.75) is 39.0 Å². The zero-order chi connectivity index (χ0) is 15.1. The zero-order valence-electron chi connectivity index (χ0n) is 11.2. The minimum absolute atomic E-state index is 0.101. The maximum atomic E-state index is 11.8. The molecule has 1 aromatic carbocycles. The van der Waals surface area contributed by atoms with E-state index < -0.39 is 5.97 Å². The third kappa shape index (κ3) is 5.02. The van der Waals surface area contributed by atoms with Crippen molar-refractivity contribution in [2.24, 2.45) is 0 Å². The summed E-state index contributed by atoms with van der Waals surface area (Å²) < 4.78 is 0. The van der Waals surface area contributed by atoms with Gasteiger partial charge in [-0.2, -0.15) is 0 Å². The molecular weight excluding hydrogens is 301 g/mol. The standard InChI is InChI=1S/C14H17Cl2NO3/c1-2-3-4-5-6-12(18)17-13-10(14(19)20)7-9(15)8-11(13)16/h7-8H,2-6H2,1H3,(H,17,18)(H,19,20). The normalized spacial score (nSPS) is 10.3. The van der Waals surface area contributed by atoms with E-state index in [-0.39, 0.29) is 27.2 Å². The second kappa shape index (κ2) is 8.12. The molecule has 0 aliphatic rings. The molecule has 20 heavy (non-hydrogen) atoms. The van der Waals surface area contributed by atoms with Crippen LogP contribution in [0.4, 0.5) is 5.69 Å². The number of benzene rings is 1. The van der Waals surface area contributed by atoms with E-state index in [4.69, 9.17) is 28.3 Å². The number of carbonyl (C=O) groups excluding carboxylic acids is 1. The average Bonchev–Trinajstić information content (AvgIpc) is 2.37. The fraction of sp³-hybridized carbons (Fsp3) is 0.429. The van der Waals surface area contributed by atoms with Gasteiger partial charge in [0.1, 0.15) is 0 Å². The van der Waals surface area contributed by atoms with Gasteiger partial charge in [-0.05, 0) is 18.6 Å². The fourth-order valence-electron chi connectivity index (χ4n) is 1.78. The second-order valence-corrected chi connectivity index (χ2v) is 5.32. The van der Waals surface area contributed by atoms with Gasteiger partial charge >= 0.3 is 5.97 Å². The van der Waals surface area contributed by atoms with Crippen LogP contribution in [0.25, 0.3) is 0 Å². The Hall–Kier alpha value is -1.26.